The standard InChI is InChI=1S/C12H21N9/c1-7-9(8(2)21(5)19-7)6-14-10-15-11(18-13)17-12(16-10)20(3)4/h6,13H2,1-5H3,(H2,14,15,16,17,18). The van der Waals surface area contributed by atoms with Crippen molar-refractivity contribution in [1.82, 2.24) is 24.7 Å². The number of nitrogens with one attached hydrogen (secondary N) is 2. The van der Waals surface area contributed by atoms with E-state index in [1.165, 1.54) is 0 Å². The molecule has 0 unspecified atom stereocenters. The molecule has 0 atom stereocenters. The first kappa shape index (κ1) is 15.0. The van der Waals surface area contributed by atoms with Crippen molar-refractivity contribution in [3.8, 4) is 0 Å². The molecule has 2 aromatic rings. The minimum atomic E-state index is 0.316. The number of hydrogen-bond acceptors (Lipinski definition) is 8. The number of anilines is 3. The van der Waals surface area contributed by atoms with Gasteiger partial charge in [-0.25, -0.2) is 5.84 Å². The Morgan fingerprint density at radius 3 is 2.33 bits per heavy atom. The number of nitrogen functional groups attached to an aromatic ring is 1. The van der Waals surface area contributed by atoms with Crippen molar-refractivity contribution >= 4 is 17.8 Å². The summed E-state index contributed by atoms with van der Waals surface area (Å²) in [6.45, 7) is 4.60. The monoisotopic (exact) mass is 291 g/mol. The van der Waals surface area contributed by atoms with E-state index in [4.69, 9.17) is 5.84 Å². The van der Waals surface area contributed by atoms with Crippen LogP contribution >= 0.6 is 0 Å². The first-order valence-electron chi connectivity index (χ1n) is 6.55. The number of hydrogen-bond donors (Lipinski definition) is 3. The lowest BCUT2D eigenvalue weighted by Gasteiger charge is -2.13. The third-order valence-electron chi connectivity index (χ3n) is 3.23. The molecule has 0 bridgehead atoms. The van der Waals surface area contributed by atoms with E-state index in [2.05, 4.69) is 30.8 Å². The van der Waals surface area contributed by atoms with Crippen LogP contribution in [-0.2, 0) is 13.6 Å². The van der Waals surface area contributed by atoms with Crippen molar-refractivity contribution < 1.29 is 0 Å². The highest BCUT2D eigenvalue weighted by atomic mass is 15.4. The molecule has 0 aliphatic carbocycles. The van der Waals surface area contributed by atoms with Crippen LogP contribution in [0, 0.1) is 13.8 Å². The van der Waals surface area contributed by atoms with E-state index in [0.717, 1.165) is 17.0 Å². The van der Waals surface area contributed by atoms with Crippen LogP contribution in [0.3, 0.4) is 0 Å². The molecule has 0 aliphatic heterocycles. The van der Waals surface area contributed by atoms with E-state index in [9.17, 15) is 0 Å². The summed E-state index contributed by atoms with van der Waals surface area (Å²) in [5.74, 6) is 6.69. The predicted octanol–water partition coefficient (Wildman–Crippen LogP) is 0.186. The van der Waals surface area contributed by atoms with E-state index in [-0.39, 0.29) is 0 Å². The van der Waals surface area contributed by atoms with E-state index in [0.29, 0.717) is 24.4 Å². The first-order valence-corrected chi connectivity index (χ1v) is 6.55. The van der Waals surface area contributed by atoms with E-state index in [1.807, 2.05) is 39.7 Å². The minimum absolute atomic E-state index is 0.316. The van der Waals surface area contributed by atoms with Gasteiger partial charge in [0.2, 0.25) is 17.8 Å². The molecular formula is C12H21N9. The Balaban J connectivity index is 2.21. The highest BCUT2D eigenvalue weighted by molar-refractivity contribution is 5.43. The topological polar surface area (TPSA) is 110 Å². The molecule has 114 valence electrons. The van der Waals surface area contributed by atoms with Crippen LogP contribution in [0.4, 0.5) is 17.8 Å². The van der Waals surface area contributed by atoms with Gasteiger partial charge in [0.05, 0.1) is 5.69 Å². The van der Waals surface area contributed by atoms with E-state index >= 15 is 0 Å². The molecule has 21 heavy (non-hydrogen) atoms. The zero-order valence-corrected chi connectivity index (χ0v) is 13.0. The number of hydrazine groups is 1. The van der Waals surface area contributed by atoms with Crippen LogP contribution in [-0.4, -0.2) is 38.8 Å². The smallest absolute Gasteiger partial charge is 0.243 e. The molecule has 0 aromatic carbocycles. The highest BCUT2D eigenvalue weighted by Gasteiger charge is 2.11. The summed E-state index contributed by atoms with van der Waals surface area (Å²) in [5, 5.41) is 7.57. The summed E-state index contributed by atoms with van der Waals surface area (Å²) < 4.78 is 1.86. The number of nitrogens with two attached hydrogens (primary N) is 1. The van der Waals surface area contributed by atoms with Gasteiger partial charge in [-0.3, -0.25) is 10.1 Å². The third-order valence-corrected chi connectivity index (χ3v) is 3.23. The quantitative estimate of drug-likeness (QED) is 0.529. The van der Waals surface area contributed by atoms with Gasteiger partial charge in [-0.1, -0.05) is 0 Å². The minimum Gasteiger partial charge on any atom is -0.350 e. The van der Waals surface area contributed by atoms with Gasteiger partial charge in [0.25, 0.3) is 0 Å². The Hall–Kier alpha value is -2.42. The van der Waals surface area contributed by atoms with E-state index < -0.39 is 0 Å². The Morgan fingerprint density at radius 2 is 1.81 bits per heavy atom. The largest absolute Gasteiger partial charge is 0.350 e. The molecule has 0 radical (unpaired) electrons. The lowest BCUT2D eigenvalue weighted by molar-refractivity contribution is 0.730. The summed E-state index contributed by atoms with van der Waals surface area (Å²) in [6.07, 6.45) is 0. The van der Waals surface area contributed by atoms with Crippen LogP contribution in [0.25, 0.3) is 0 Å². The van der Waals surface area contributed by atoms with Gasteiger partial charge in [0.1, 0.15) is 0 Å². The number of rotatable bonds is 5. The van der Waals surface area contributed by atoms with Crippen molar-refractivity contribution in [2.75, 3.05) is 29.7 Å². The Kier molecular flexibility index (Phi) is 4.22. The number of aromatic nitrogens is 5. The maximum atomic E-state index is 5.38. The average molecular weight is 291 g/mol. The van der Waals surface area contributed by atoms with Crippen molar-refractivity contribution in [2.45, 2.75) is 20.4 Å². The van der Waals surface area contributed by atoms with Crippen LogP contribution in [0.2, 0.25) is 0 Å². The maximum absolute atomic E-state index is 5.38. The molecule has 9 nitrogen and oxygen atoms in total. The van der Waals surface area contributed by atoms with Gasteiger partial charge < -0.3 is 10.2 Å². The van der Waals surface area contributed by atoms with Crippen molar-refractivity contribution in [3.63, 3.8) is 0 Å². The van der Waals surface area contributed by atoms with Crippen LogP contribution in [0.15, 0.2) is 0 Å². The third kappa shape index (κ3) is 3.19. The lowest BCUT2D eigenvalue weighted by atomic mass is 10.2. The number of nitrogens with zero attached hydrogens (tertiary/aromatic N) is 6. The first-order chi connectivity index (χ1) is 9.92. The van der Waals surface area contributed by atoms with Crippen LogP contribution in [0.1, 0.15) is 17.0 Å². The Labute approximate surface area is 123 Å². The summed E-state index contributed by atoms with van der Waals surface area (Å²) in [4.78, 5) is 14.5. The molecule has 2 heterocycles. The fourth-order valence-electron chi connectivity index (χ4n) is 1.95. The number of aryl methyl sites for hydroxylation is 2. The molecule has 0 fully saturated rings. The van der Waals surface area contributed by atoms with Gasteiger partial charge >= 0.3 is 0 Å². The second-order valence-electron chi connectivity index (χ2n) is 4.95. The molecule has 2 aromatic heterocycles. The average Bonchev–Trinajstić information content (AvgIpc) is 2.69. The Bertz CT molecular complexity index is 632. The van der Waals surface area contributed by atoms with Gasteiger partial charge in [-0.05, 0) is 13.8 Å². The second-order valence-corrected chi connectivity index (χ2v) is 4.95. The molecule has 0 saturated heterocycles. The predicted molar refractivity (Wildman–Crippen MR) is 82.0 cm³/mol. The summed E-state index contributed by atoms with van der Waals surface area (Å²) in [7, 11) is 5.64. The van der Waals surface area contributed by atoms with Crippen molar-refractivity contribution in [1.29, 1.82) is 0 Å². The zero-order valence-electron chi connectivity index (χ0n) is 13.0. The molecule has 4 N–H and O–H groups in total. The fourth-order valence-corrected chi connectivity index (χ4v) is 1.95. The van der Waals surface area contributed by atoms with E-state index in [1.54, 1.807) is 4.90 Å². The van der Waals surface area contributed by atoms with Gasteiger partial charge in [-0.2, -0.15) is 20.1 Å². The van der Waals surface area contributed by atoms with Crippen LogP contribution in [0.5, 0.6) is 0 Å². The summed E-state index contributed by atoms with van der Waals surface area (Å²) >= 11 is 0. The molecule has 9 heteroatoms. The highest BCUT2D eigenvalue weighted by Crippen LogP contribution is 2.15. The SMILES string of the molecule is Cc1nn(C)c(C)c1CNc1nc(NN)nc(N(C)C)n1. The molecular weight excluding hydrogens is 270 g/mol. The normalized spacial score (nSPS) is 10.6. The van der Waals surface area contributed by atoms with Gasteiger partial charge in [0, 0.05) is 38.9 Å². The molecule has 0 amide bonds. The fraction of sp³-hybridized carbons (Fsp3) is 0.500. The maximum Gasteiger partial charge on any atom is 0.243 e. The summed E-state index contributed by atoms with van der Waals surface area (Å²) in [6, 6.07) is 0. The molecule has 0 spiro atoms. The second kappa shape index (κ2) is 5.92. The van der Waals surface area contributed by atoms with Gasteiger partial charge in [-0.15, -0.1) is 0 Å². The van der Waals surface area contributed by atoms with Crippen molar-refractivity contribution in [2.24, 2.45) is 12.9 Å². The molecule has 0 saturated carbocycles. The molecule has 0 aliphatic rings. The van der Waals surface area contributed by atoms with Crippen molar-refractivity contribution in [3.05, 3.63) is 17.0 Å². The Morgan fingerprint density at radius 1 is 1.14 bits per heavy atom. The van der Waals surface area contributed by atoms with Crippen LogP contribution < -0.4 is 21.5 Å². The van der Waals surface area contributed by atoms with Gasteiger partial charge in [0.15, 0.2) is 0 Å². The molecule has 2 rings (SSSR count). The zero-order chi connectivity index (χ0) is 15.6. The summed E-state index contributed by atoms with van der Waals surface area (Å²) in [5.41, 5.74) is 5.67. The lowest BCUT2D eigenvalue weighted by Crippen LogP contribution is -2.19.